The third-order valence-electron chi connectivity index (χ3n) is 5.50. The van der Waals surface area contributed by atoms with Crippen LogP contribution in [-0.2, 0) is 0 Å². The van der Waals surface area contributed by atoms with Gasteiger partial charge in [0.05, 0.1) is 17.2 Å². The van der Waals surface area contributed by atoms with E-state index in [1.165, 1.54) is 0 Å². The van der Waals surface area contributed by atoms with E-state index in [4.69, 9.17) is 22.3 Å². The number of rotatable bonds is 3. The molecule has 3 N–H and O–H groups in total. The van der Waals surface area contributed by atoms with Gasteiger partial charge < -0.3 is 15.5 Å². The summed E-state index contributed by atoms with van der Waals surface area (Å²) in [6, 6.07) is 11.4. The predicted octanol–water partition coefficient (Wildman–Crippen LogP) is 3.80. The van der Waals surface area contributed by atoms with Gasteiger partial charge in [0.15, 0.2) is 6.19 Å². The van der Waals surface area contributed by atoms with Gasteiger partial charge in [0, 0.05) is 37.3 Å². The lowest BCUT2D eigenvalue weighted by atomic mass is 9.99. The molecular weight excluding hydrogens is 438 g/mol. The molecule has 0 amide bonds. The Morgan fingerprint density at radius 1 is 1.27 bits per heavy atom. The number of aliphatic imine (C=N–C) groups is 1. The van der Waals surface area contributed by atoms with Crippen LogP contribution in [0.3, 0.4) is 0 Å². The molecule has 0 bridgehead atoms. The minimum absolute atomic E-state index is 0. The number of nitrogen functional groups attached to an aromatic ring is 1. The molecular formula is C23H28ClN9. The molecule has 0 aliphatic carbocycles. The number of nitrogens with zero attached hydrogens (tertiary/aromatic N) is 7. The molecule has 0 radical (unpaired) electrons. The monoisotopic (exact) mass is 465 g/mol. The van der Waals surface area contributed by atoms with Crippen LogP contribution < -0.4 is 16.0 Å². The van der Waals surface area contributed by atoms with Crippen molar-refractivity contribution < 1.29 is 0 Å². The van der Waals surface area contributed by atoms with Gasteiger partial charge in [-0.2, -0.15) is 10.2 Å². The first-order valence-corrected chi connectivity index (χ1v) is 10.7. The molecule has 4 rings (SSSR count). The molecule has 1 atom stereocenters. The first-order valence-electron chi connectivity index (χ1n) is 10.4. The second-order valence-corrected chi connectivity index (χ2v) is 8.26. The van der Waals surface area contributed by atoms with Crippen molar-refractivity contribution in [3.63, 3.8) is 0 Å². The molecule has 1 saturated heterocycles. The van der Waals surface area contributed by atoms with Crippen LogP contribution in [0.5, 0.6) is 0 Å². The number of nitrogens with two attached hydrogens (primary N) is 1. The van der Waals surface area contributed by atoms with Gasteiger partial charge >= 0.3 is 0 Å². The summed E-state index contributed by atoms with van der Waals surface area (Å²) in [5.74, 6) is 1.64. The number of benzene rings is 1. The van der Waals surface area contributed by atoms with Gasteiger partial charge in [0.1, 0.15) is 11.0 Å². The van der Waals surface area contributed by atoms with Gasteiger partial charge in [-0.05, 0) is 30.2 Å². The number of anilines is 2. The average Bonchev–Trinajstić information content (AvgIpc) is 2.78. The maximum atomic E-state index is 9.44. The van der Waals surface area contributed by atoms with Crippen LogP contribution in [0.25, 0.3) is 10.9 Å². The van der Waals surface area contributed by atoms with Crippen molar-refractivity contribution in [2.75, 3.05) is 30.3 Å². The highest BCUT2D eigenvalue weighted by Gasteiger charge is 2.32. The molecule has 33 heavy (non-hydrogen) atoms. The summed E-state index contributed by atoms with van der Waals surface area (Å²) in [7, 11) is 0. The Hall–Kier alpha value is -3.64. The molecule has 0 spiro atoms. The first-order chi connectivity index (χ1) is 15.5. The molecule has 1 aliphatic rings. The summed E-state index contributed by atoms with van der Waals surface area (Å²) in [5, 5.41) is 13.5. The highest BCUT2D eigenvalue weighted by molar-refractivity contribution is 6.29. The van der Waals surface area contributed by atoms with Crippen molar-refractivity contribution >= 4 is 45.9 Å². The largest absolute Gasteiger partial charge is 0.368 e. The lowest BCUT2D eigenvalue weighted by Gasteiger charge is -2.44. The number of guanidine groups is 1. The van der Waals surface area contributed by atoms with Gasteiger partial charge in [-0.1, -0.05) is 38.9 Å². The number of hydrogen-bond acceptors (Lipinski definition) is 7. The number of hydrogen-bond donors (Lipinski definition) is 2. The van der Waals surface area contributed by atoms with Crippen LogP contribution in [0.4, 0.5) is 17.5 Å². The van der Waals surface area contributed by atoms with E-state index in [0.29, 0.717) is 36.6 Å². The van der Waals surface area contributed by atoms with Crippen molar-refractivity contribution in [1.82, 2.24) is 25.2 Å². The molecule has 1 aliphatic heterocycles. The molecule has 10 heteroatoms. The number of aromatic nitrogens is 3. The van der Waals surface area contributed by atoms with E-state index < -0.39 is 0 Å². The Morgan fingerprint density at radius 3 is 2.82 bits per heavy atom. The summed E-state index contributed by atoms with van der Waals surface area (Å²) in [4.78, 5) is 21.8. The van der Waals surface area contributed by atoms with E-state index in [9.17, 15) is 5.26 Å². The van der Waals surface area contributed by atoms with Crippen molar-refractivity contribution in [3.05, 3.63) is 47.7 Å². The predicted molar refractivity (Wildman–Crippen MR) is 133 cm³/mol. The van der Waals surface area contributed by atoms with E-state index in [2.05, 4.69) is 43.9 Å². The minimum Gasteiger partial charge on any atom is -0.368 e. The van der Waals surface area contributed by atoms with Gasteiger partial charge in [-0.15, -0.1) is 0 Å². The number of pyridine rings is 1. The number of nitrogens with one attached hydrogen (secondary N) is 1. The highest BCUT2D eigenvalue weighted by Crippen LogP contribution is 2.27. The maximum Gasteiger partial charge on any atom is 0.223 e. The average molecular weight is 466 g/mol. The third kappa shape index (κ3) is 5.23. The zero-order chi connectivity index (χ0) is 22.7. The van der Waals surface area contributed by atoms with E-state index in [0.717, 1.165) is 16.6 Å². The molecule has 1 aromatic carbocycles. The van der Waals surface area contributed by atoms with Gasteiger partial charge in [-0.25, -0.2) is 9.98 Å². The Kier molecular flexibility index (Phi) is 7.51. The van der Waals surface area contributed by atoms with E-state index >= 15 is 0 Å². The van der Waals surface area contributed by atoms with Crippen molar-refractivity contribution in [2.24, 2.45) is 10.9 Å². The second-order valence-electron chi connectivity index (χ2n) is 7.88. The quantitative estimate of drug-likeness (QED) is 0.197. The summed E-state index contributed by atoms with van der Waals surface area (Å²) >= 11 is 6.09. The van der Waals surface area contributed by atoms with Gasteiger partial charge in [0.2, 0.25) is 11.9 Å². The van der Waals surface area contributed by atoms with E-state index in [-0.39, 0.29) is 25.3 Å². The maximum absolute atomic E-state index is 9.44. The minimum atomic E-state index is 0. The Balaban J connectivity index is 0.00000306. The van der Waals surface area contributed by atoms with Crippen molar-refractivity contribution in [2.45, 2.75) is 27.3 Å². The van der Waals surface area contributed by atoms with Gasteiger partial charge in [-0.3, -0.25) is 10.3 Å². The fourth-order valence-corrected chi connectivity index (χ4v) is 4.13. The van der Waals surface area contributed by atoms with Crippen molar-refractivity contribution in [3.8, 4) is 6.19 Å². The fourth-order valence-electron chi connectivity index (χ4n) is 3.95. The molecule has 3 heterocycles. The van der Waals surface area contributed by atoms with Crippen LogP contribution in [0.2, 0.25) is 5.15 Å². The smallest absolute Gasteiger partial charge is 0.223 e. The Labute approximate surface area is 198 Å². The zero-order valence-electron chi connectivity index (χ0n) is 17.9. The zero-order valence-corrected chi connectivity index (χ0v) is 18.7. The van der Waals surface area contributed by atoms with Crippen LogP contribution in [0.1, 0.15) is 21.3 Å². The molecule has 172 valence electrons. The number of nitriles is 1. The fraction of sp³-hybridized carbons (Fsp3) is 0.348. The van der Waals surface area contributed by atoms with E-state index in [1.807, 2.05) is 36.5 Å². The topological polar surface area (TPSA) is 119 Å². The molecule has 0 unspecified atom stereocenters. The Bertz CT molecular complexity index is 1160. The van der Waals surface area contributed by atoms with Gasteiger partial charge in [0.25, 0.3) is 0 Å². The SMILES string of the molecule is C.CC(C)[C@H]1CN(c2cc(Cl)nc(N)n2)CCN1C(=Nc1cccc2ncccc12)NC#N. The normalized spacial score (nSPS) is 16.5. The summed E-state index contributed by atoms with van der Waals surface area (Å²) < 4.78 is 0. The number of fused-ring (bicyclic) bond motifs is 1. The third-order valence-corrected chi connectivity index (χ3v) is 5.69. The number of halogens is 1. The van der Waals surface area contributed by atoms with Crippen LogP contribution in [0.15, 0.2) is 47.6 Å². The Morgan fingerprint density at radius 2 is 2.09 bits per heavy atom. The molecule has 0 saturated carbocycles. The van der Waals surface area contributed by atoms with Crippen LogP contribution in [-0.4, -0.2) is 51.5 Å². The van der Waals surface area contributed by atoms with Crippen LogP contribution >= 0.6 is 11.6 Å². The van der Waals surface area contributed by atoms with E-state index in [1.54, 1.807) is 12.3 Å². The standard InChI is InChI=1S/C22H24ClN9.CH4/c1-14(2)18-12-31(20-11-19(23)29-21(25)30-20)9-10-32(18)22(27-13-24)28-17-7-3-6-16-15(17)5-4-8-26-16;/h3-8,11,14,18H,9-10,12H2,1-2H3,(H,27,28)(H2,25,29,30);1H4/t18-;/m1./s1. The second kappa shape index (κ2) is 10.3. The molecule has 3 aromatic rings. The summed E-state index contributed by atoms with van der Waals surface area (Å²) in [6.45, 7) is 6.27. The molecule has 9 nitrogen and oxygen atoms in total. The molecule has 2 aromatic heterocycles. The lowest BCUT2D eigenvalue weighted by Crippen LogP contribution is -2.59. The highest BCUT2D eigenvalue weighted by atomic mass is 35.5. The molecule has 1 fully saturated rings. The summed E-state index contributed by atoms with van der Waals surface area (Å²) in [6.07, 6.45) is 3.80. The van der Waals surface area contributed by atoms with Crippen molar-refractivity contribution in [1.29, 1.82) is 5.26 Å². The first kappa shape index (κ1) is 24.0. The number of piperazine rings is 1. The lowest BCUT2D eigenvalue weighted by molar-refractivity contribution is 0.220. The summed E-state index contributed by atoms with van der Waals surface area (Å²) in [5.41, 5.74) is 7.41. The van der Waals surface area contributed by atoms with Crippen LogP contribution in [0, 0.1) is 17.4 Å².